The molecule has 0 atom stereocenters. The highest BCUT2D eigenvalue weighted by Gasteiger charge is 2.23. The summed E-state index contributed by atoms with van der Waals surface area (Å²) < 4.78 is 5.42. The monoisotopic (exact) mass is 450 g/mol. The van der Waals surface area contributed by atoms with Gasteiger partial charge in [-0.15, -0.1) is 21.5 Å². The van der Waals surface area contributed by atoms with Gasteiger partial charge in [0.2, 0.25) is 0 Å². The highest BCUT2D eigenvalue weighted by molar-refractivity contribution is 7.11. The topological polar surface area (TPSA) is 89.4 Å². The number of carbonyl (C=O) groups is 2. The first-order chi connectivity index (χ1) is 15.6. The Morgan fingerprint density at radius 3 is 2.31 bits per heavy atom. The Bertz CT molecular complexity index is 1040. The van der Waals surface area contributed by atoms with E-state index >= 15 is 0 Å². The molecular formula is C25H26N2O4S. The molecule has 1 fully saturated rings. The number of rotatable bonds is 9. The van der Waals surface area contributed by atoms with Crippen LogP contribution in [-0.4, -0.2) is 39.8 Å². The first-order valence-electron chi connectivity index (χ1n) is 10.9. The van der Waals surface area contributed by atoms with Gasteiger partial charge in [0.25, 0.3) is 0 Å². The molecule has 0 unspecified atom stereocenters. The van der Waals surface area contributed by atoms with Crippen LogP contribution in [0.1, 0.15) is 63.1 Å². The van der Waals surface area contributed by atoms with Gasteiger partial charge < -0.3 is 9.84 Å². The van der Waals surface area contributed by atoms with Crippen LogP contribution >= 0.6 is 11.3 Å². The number of aromatic nitrogens is 2. The van der Waals surface area contributed by atoms with Gasteiger partial charge in [0, 0.05) is 12.0 Å². The van der Waals surface area contributed by atoms with Gasteiger partial charge in [0.1, 0.15) is 16.6 Å². The molecule has 6 nitrogen and oxygen atoms in total. The van der Waals surface area contributed by atoms with Gasteiger partial charge in [-0.05, 0) is 42.7 Å². The zero-order chi connectivity index (χ0) is 22.3. The third-order valence-electron chi connectivity index (χ3n) is 5.84. The smallest absolute Gasteiger partial charge is 0.329 e. The highest BCUT2D eigenvalue weighted by atomic mass is 32.1. The van der Waals surface area contributed by atoms with E-state index in [2.05, 4.69) is 22.3 Å². The predicted molar refractivity (Wildman–Crippen MR) is 122 cm³/mol. The van der Waals surface area contributed by atoms with Crippen molar-refractivity contribution in [3.63, 3.8) is 0 Å². The lowest BCUT2D eigenvalue weighted by Gasteiger charge is -2.28. The number of Topliss-reactive ketones (excluding diaryl/α,β-unsaturated/α-hetero) is 1. The summed E-state index contributed by atoms with van der Waals surface area (Å²) in [6, 6.07) is 18.0. The van der Waals surface area contributed by atoms with E-state index in [1.54, 1.807) is 0 Å². The average Bonchev–Trinajstić information content (AvgIpc) is 3.25. The third kappa shape index (κ3) is 6.08. The number of ether oxygens (including phenoxy) is 1. The molecule has 0 spiro atoms. The minimum Gasteiger partial charge on any atom is -0.480 e. The molecule has 0 amide bonds. The minimum absolute atomic E-state index is 0.0295. The largest absolute Gasteiger partial charge is 0.480 e. The molecule has 0 radical (unpaired) electrons. The molecule has 3 aromatic rings. The Morgan fingerprint density at radius 1 is 0.938 bits per heavy atom. The molecule has 0 bridgehead atoms. The number of nitrogens with zero attached hydrogens (tertiary/aromatic N) is 2. The SMILES string of the molecule is O=C(O)COC1CCC(c2ccc(C(=O)Cc3nnc(Cc4ccccc4)s3)cc2)CC1. The quantitative estimate of drug-likeness (QED) is 0.476. The van der Waals surface area contributed by atoms with E-state index < -0.39 is 5.97 Å². The molecule has 166 valence electrons. The number of carbonyl (C=O) groups excluding carboxylic acids is 1. The van der Waals surface area contributed by atoms with E-state index in [0.29, 0.717) is 11.5 Å². The maximum Gasteiger partial charge on any atom is 0.329 e. The maximum absolute atomic E-state index is 12.7. The number of hydrogen-bond donors (Lipinski definition) is 1. The Kier molecular flexibility index (Phi) is 7.39. The molecule has 1 heterocycles. The van der Waals surface area contributed by atoms with Crippen LogP contribution in [0.5, 0.6) is 0 Å². The van der Waals surface area contributed by atoms with Crippen molar-refractivity contribution in [2.45, 2.75) is 50.5 Å². The van der Waals surface area contributed by atoms with Crippen LogP contribution in [0, 0.1) is 0 Å². The van der Waals surface area contributed by atoms with E-state index in [4.69, 9.17) is 9.84 Å². The second kappa shape index (κ2) is 10.6. The zero-order valence-electron chi connectivity index (χ0n) is 17.8. The summed E-state index contributed by atoms with van der Waals surface area (Å²) in [6.07, 6.45) is 4.67. The standard InChI is InChI=1S/C25H26N2O4S/c28-22(15-24-27-26-23(32-24)14-17-4-2-1-3-5-17)20-8-6-18(7-9-20)19-10-12-21(13-11-19)31-16-25(29)30/h1-9,19,21H,10-16H2,(H,29,30). The highest BCUT2D eigenvalue weighted by Crippen LogP contribution is 2.34. The van der Waals surface area contributed by atoms with E-state index in [9.17, 15) is 9.59 Å². The van der Waals surface area contributed by atoms with Crippen molar-refractivity contribution < 1.29 is 19.4 Å². The Balaban J connectivity index is 1.29. The summed E-state index contributed by atoms with van der Waals surface area (Å²) in [5, 5.41) is 18.8. The lowest BCUT2D eigenvalue weighted by molar-refractivity contribution is -0.145. The Hall–Kier alpha value is -2.90. The normalized spacial score (nSPS) is 18.4. The maximum atomic E-state index is 12.7. The van der Waals surface area contributed by atoms with E-state index in [1.807, 2.05) is 42.5 Å². The van der Waals surface area contributed by atoms with Gasteiger partial charge in [0.05, 0.1) is 12.5 Å². The predicted octanol–water partition coefficient (Wildman–Crippen LogP) is 4.68. The Labute approximate surface area is 191 Å². The van der Waals surface area contributed by atoms with E-state index in [1.165, 1.54) is 22.5 Å². The molecule has 4 rings (SSSR count). The molecule has 1 N–H and O–H groups in total. The molecule has 0 saturated heterocycles. The second-order valence-corrected chi connectivity index (χ2v) is 9.30. The van der Waals surface area contributed by atoms with Gasteiger partial charge in [-0.3, -0.25) is 4.79 Å². The first-order valence-corrected chi connectivity index (χ1v) is 11.7. The Morgan fingerprint density at radius 2 is 1.62 bits per heavy atom. The summed E-state index contributed by atoms with van der Waals surface area (Å²) in [4.78, 5) is 23.4. The molecule has 0 aliphatic heterocycles. The molecule has 32 heavy (non-hydrogen) atoms. The molecule has 1 aliphatic carbocycles. The van der Waals surface area contributed by atoms with Crippen LogP contribution in [0.15, 0.2) is 54.6 Å². The minimum atomic E-state index is -0.923. The van der Waals surface area contributed by atoms with Crippen molar-refractivity contribution in [2.24, 2.45) is 0 Å². The molecule has 1 saturated carbocycles. The summed E-state index contributed by atoms with van der Waals surface area (Å²) in [7, 11) is 0. The second-order valence-electron chi connectivity index (χ2n) is 8.15. The summed E-state index contributed by atoms with van der Waals surface area (Å²) >= 11 is 1.49. The van der Waals surface area contributed by atoms with E-state index in [0.717, 1.165) is 42.1 Å². The number of benzene rings is 2. The average molecular weight is 451 g/mol. The van der Waals surface area contributed by atoms with Crippen molar-refractivity contribution in [2.75, 3.05) is 6.61 Å². The van der Waals surface area contributed by atoms with Crippen LogP contribution in [-0.2, 0) is 22.4 Å². The van der Waals surface area contributed by atoms with Gasteiger partial charge in [-0.2, -0.15) is 0 Å². The van der Waals surface area contributed by atoms with Crippen LogP contribution in [0.4, 0.5) is 0 Å². The van der Waals surface area contributed by atoms with Crippen molar-refractivity contribution in [3.05, 3.63) is 81.3 Å². The third-order valence-corrected chi connectivity index (χ3v) is 6.76. The number of carboxylic acid groups (broad SMARTS) is 1. The molecule has 2 aromatic carbocycles. The number of ketones is 1. The molecule has 7 heteroatoms. The van der Waals surface area contributed by atoms with Crippen LogP contribution < -0.4 is 0 Å². The van der Waals surface area contributed by atoms with Crippen molar-refractivity contribution in [1.29, 1.82) is 0 Å². The number of aliphatic carboxylic acids is 1. The fraction of sp³-hybridized carbons (Fsp3) is 0.360. The summed E-state index contributed by atoms with van der Waals surface area (Å²) in [5.41, 5.74) is 3.09. The fourth-order valence-electron chi connectivity index (χ4n) is 4.13. The summed E-state index contributed by atoms with van der Waals surface area (Å²) in [5.74, 6) is -0.453. The lowest BCUT2D eigenvalue weighted by Crippen LogP contribution is -2.23. The van der Waals surface area contributed by atoms with Crippen molar-refractivity contribution in [1.82, 2.24) is 10.2 Å². The molecule has 1 aliphatic rings. The van der Waals surface area contributed by atoms with Crippen molar-refractivity contribution in [3.8, 4) is 0 Å². The van der Waals surface area contributed by atoms with Crippen LogP contribution in [0.25, 0.3) is 0 Å². The van der Waals surface area contributed by atoms with Gasteiger partial charge >= 0.3 is 5.97 Å². The summed E-state index contributed by atoms with van der Waals surface area (Å²) in [6.45, 7) is -0.228. The van der Waals surface area contributed by atoms with Crippen LogP contribution in [0.3, 0.4) is 0 Å². The van der Waals surface area contributed by atoms with Gasteiger partial charge in [-0.1, -0.05) is 54.6 Å². The number of carboxylic acids is 1. The zero-order valence-corrected chi connectivity index (χ0v) is 18.6. The molecular weight excluding hydrogens is 424 g/mol. The van der Waals surface area contributed by atoms with Crippen molar-refractivity contribution >= 4 is 23.1 Å². The fourth-order valence-corrected chi connectivity index (χ4v) is 5.01. The van der Waals surface area contributed by atoms with Gasteiger partial charge in [-0.25, -0.2) is 4.79 Å². The number of hydrogen-bond acceptors (Lipinski definition) is 6. The van der Waals surface area contributed by atoms with E-state index in [-0.39, 0.29) is 24.9 Å². The lowest BCUT2D eigenvalue weighted by atomic mass is 9.82. The first kappa shape index (κ1) is 22.3. The van der Waals surface area contributed by atoms with Crippen LogP contribution in [0.2, 0.25) is 0 Å². The van der Waals surface area contributed by atoms with Gasteiger partial charge in [0.15, 0.2) is 5.78 Å². The molecule has 1 aromatic heterocycles.